The molecule has 0 aromatic rings. The van der Waals surface area contributed by atoms with Crippen molar-refractivity contribution in [1.82, 2.24) is 0 Å². The first-order chi connectivity index (χ1) is 1.73. The van der Waals surface area contributed by atoms with Gasteiger partial charge < -0.3 is 38.3 Å². The second-order valence-corrected chi connectivity index (χ2v) is 10.1. The molecule has 0 rings (SSSR count). The van der Waals surface area contributed by atoms with Gasteiger partial charge in [0.2, 0.25) is 0 Å². The van der Waals surface area contributed by atoms with Crippen LogP contribution in [0.4, 0.5) is 0 Å². The topological polar surface area (TPSA) is 220 Å². The van der Waals surface area contributed by atoms with Gasteiger partial charge in [-0.3, -0.25) is 0 Å². The summed E-state index contributed by atoms with van der Waals surface area (Å²) >= 11 is -1.98. The molecule has 14 N–H and O–H groups in total. The van der Waals surface area contributed by atoms with Gasteiger partial charge in [-0.25, -0.2) is 0 Å². The van der Waals surface area contributed by atoms with Crippen LogP contribution in [0.1, 0.15) is 0 Å². The summed E-state index contributed by atoms with van der Waals surface area (Å²) in [6.07, 6.45) is 0. The first-order valence-corrected chi connectivity index (χ1v) is 8.92. The van der Waals surface area contributed by atoms with Gasteiger partial charge in [-0.1, -0.05) is 0 Å². The van der Waals surface area contributed by atoms with Crippen LogP contribution in [-0.4, -0.2) is 38.3 Å². The van der Waals surface area contributed by atoms with Crippen molar-refractivity contribution in [2.45, 2.75) is 0 Å². The zero-order valence-electron chi connectivity index (χ0n) is 4.99. The molecule has 0 amide bonds. The van der Waals surface area contributed by atoms with Gasteiger partial charge in [-0.05, 0) is 0 Å². The normalized spacial score (nSPS) is 4.09. The standard InChI is InChI=1S/3ClH.Gd.7H2O/h3*1H;;7*1H2/q;;;+3;;;;;;;/p-3. The van der Waals surface area contributed by atoms with E-state index in [4.69, 9.17) is 17.9 Å². The summed E-state index contributed by atoms with van der Waals surface area (Å²) in [5.41, 5.74) is 0. The molecular formula is H14Cl3GdO7. The van der Waals surface area contributed by atoms with E-state index < -0.39 is 29.2 Å². The molecular weight excluding hydrogens is 376 g/mol. The molecule has 0 aromatic heterocycles. The summed E-state index contributed by atoms with van der Waals surface area (Å²) < 4.78 is 0. The molecule has 0 unspecified atom stereocenters. The van der Waals surface area contributed by atoms with E-state index in [-0.39, 0.29) is 38.3 Å². The minimum atomic E-state index is -1.98. The van der Waals surface area contributed by atoms with E-state index in [9.17, 15) is 0 Å². The quantitative estimate of drug-likeness (QED) is 0.390. The molecule has 0 spiro atoms. The molecule has 11 heteroatoms. The fourth-order valence-corrected chi connectivity index (χ4v) is 0. The zero-order chi connectivity index (χ0) is 3.58. The Kier molecular flexibility index (Phi) is 405. The van der Waals surface area contributed by atoms with Crippen LogP contribution >= 0.6 is 17.9 Å². The maximum absolute atomic E-state index is 4.98. The predicted octanol–water partition coefficient (Wildman–Crippen LogP) is -3.70. The number of rotatable bonds is 0. The van der Waals surface area contributed by atoms with E-state index in [0.717, 1.165) is 0 Å². The molecule has 0 radical (unpaired) electrons. The van der Waals surface area contributed by atoms with Crippen LogP contribution in [0.2, 0.25) is 0 Å². The van der Waals surface area contributed by atoms with Gasteiger partial charge in [0.15, 0.2) is 0 Å². The molecule has 0 bridgehead atoms. The van der Waals surface area contributed by atoms with Crippen LogP contribution in [0, 0.1) is 29.2 Å². The molecule has 0 fully saturated rings. The monoisotopic (exact) mass is 389 g/mol. The maximum atomic E-state index is 4.98. The third-order valence-electron chi connectivity index (χ3n) is 0. The number of halogens is 3. The second-order valence-electron chi connectivity index (χ2n) is 0.152. The summed E-state index contributed by atoms with van der Waals surface area (Å²) in [5.74, 6) is 14.9. The van der Waals surface area contributed by atoms with Crippen molar-refractivity contribution in [2.24, 2.45) is 0 Å². The summed E-state index contributed by atoms with van der Waals surface area (Å²) in [7, 11) is 0. The fourth-order valence-electron chi connectivity index (χ4n) is 0. The molecule has 0 saturated heterocycles. The Morgan fingerprint density at radius 3 is 0.455 bits per heavy atom. The zero-order valence-corrected chi connectivity index (χ0v) is 9.52. The van der Waals surface area contributed by atoms with E-state index in [1.807, 2.05) is 0 Å². The Morgan fingerprint density at radius 1 is 0.455 bits per heavy atom. The first-order valence-electron chi connectivity index (χ1n) is 0.401. The SMILES string of the molecule is O.O.O.O.O.O.O.[Cl][Gd]([Cl])[Cl]. The van der Waals surface area contributed by atoms with Gasteiger partial charge in [-0.15, -0.1) is 0 Å². The fraction of sp³-hybridized carbons (Fsp3) is 0. The van der Waals surface area contributed by atoms with E-state index in [0.29, 0.717) is 0 Å². The molecule has 0 aliphatic carbocycles. The average Bonchev–Trinajstić information content (AvgIpc) is 0.811. The van der Waals surface area contributed by atoms with Crippen molar-refractivity contribution < 1.29 is 67.5 Å². The Hall–Kier alpha value is 1.91. The molecule has 0 aromatic carbocycles. The van der Waals surface area contributed by atoms with Gasteiger partial charge in [0.1, 0.15) is 0 Å². The number of hydrogen-bond donors (Lipinski definition) is 0. The van der Waals surface area contributed by atoms with Gasteiger partial charge in [0.05, 0.1) is 0 Å². The summed E-state index contributed by atoms with van der Waals surface area (Å²) in [6, 6.07) is 0. The van der Waals surface area contributed by atoms with Crippen LogP contribution < -0.4 is 0 Å². The minimum absolute atomic E-state index is 0. The van der Waals surface area contributed by atoms with E-state index in [1.54, 1.807) is 0 Å². The van der Waals surface area contributed by atoms with Crippen molar-refractivity contribution in [3.8, 4) is 0 Å². The van der Waals surface area contributed by atoms with Gasteiger partial charge >= 0.3 is 47.1 Å². The third-order valence-corrected chi connectivity index (χ3v) is 0. The number of hydrogen-bond acceptors (Lipinski definition) is 0. The molecule has 11 heavy (non-hydrogen) atoms. The van der Waals surface area contributed by atoms with Crippen molar-refractivity contribution in [3.05, 3.63) is 0 Å². The van der Waals surface area contributed by atoms with Crippen molar-refractivity contribution in [3.63, 3.8) is 0 Å². The van der Waals surface area contributed by atoms with Gasteiger partial charge in [0.25, 0.3) is 0 Å². The Bertz CT molecular complexity index is 18.4. The Balaban J connectivity index is -0.00000000214. The first kappa shape index (κ1) is 75.9. The average molecular weight is 390 g/mol. The molecule has 0 aliphatic heterocycles. The van der Waals surface area contributed by atoms with Crippen LogP contribution in [0.5, 0.6) is 0 Å². The Labute approximate surface area is 84.3 Å². The molecule has 0 atom stereocenters. The molecule has 0 aliphatic rings. The van der Waals surface area contributed by atoms with Crippen molar-refractivity contribution >= 4 is 17.9 Å². The third kappa shape index (κ3) is 319. The molecule has 85 valence electrons. The second kappa shape index (κ2) is 58.8. The van der Waals surface area contributed by atoms with Gasteiger partial charge in [0, 0.05) is 0 Å². The van der Waals surface area contributed by atoms with Gasteiger partial charge in [-0.2, -0.15) is 0 Å². The van der Waals surface area contributed by atoms with Crippen molar-refractivity contribution in [2.75, 3.05) is 0 Å². The van der Waals surface area contributed by atoms with E-state index in [1.165, 1.54) is 0 Å². The van der Waals surface area contributed by atoms with E-state index >= 15 is 0 Å². The van der Waals surface area contributed by atoms with Crippen LogP contribution in [0.15, 0.2) is 0 Å². The predicted molar refractivity (Wildman–Crippen MR) is 42.9 cm³/mol. The van der Waals surface area contributed by atoms with Crippen LogP contribution in [0.3, 0.4) is 0 Å². The van der Waals surface area contributed by atoms with Crippen LogP contribution in [-0.2, 0) is 0 Å². The van der Waals surface area contributed by atoms with Crippen molar-refractivity contribution in [1.29, 1.82) is 0 Å². The molecule has 0 saturated carbocycles. The summed E-state index contributed by atoms with van der Waals surface area (Å²) in [4.78, 5) is 0. The van der Waals surface area contributed by atoms with Crippen LogP contribution in [0.25, 0.3) is 0 Å². The Morgan fingerprint density at radius 2 is 0.455 bits per heavy atom. The molecule has 7 nitrogen and oxygen atoms in total. The summed E-state index contributed by atoms with van der Waals surface area (Å²) in [6.45, 7) is 0. The molecule has 0 heterocycles. The van der Waals surface area contributed by atoms with E-state index in [2.05, 4.69) is 0 Å². The summed E-state index contributed by atoms with van der Waals surface area (Å²) in [5, 5.41) is 0.